The highest BCUT2D eigenvalue weighted by Crippen LogP contribution is 2.34. The van der Waals surface area contributed by atoms with Crippen molar-refractivity contribution < 1.29 is 9.18 Å². The van der Waals surface area contributed by atoms with E-state index in [9.17, 15) is 9.18 Å². The van der Waals surface area contributed by atoms with Crippen LogP contribution in [0.3, 0.4) is 0 Å². The highest BCUT2D eigenvalue weighted by atomic mass is 79.9. The smallest absolute Gasteiger partial charge is 0.257 e. The molecule has 104 valence electrons. The summed E-state index contributed by atoms with van der Waals surface area (Å²) in [5.74, 6) is -0.703. The Hall–Kier alpha value is -1.20. The molecule has 2 nitrogen and oxygen atoms in total. The fourth-order valence-electron chi connectivity index (χ4n) is 2.64. The molecule has 2 heterocycles. The first-order valence-electron chi connectivity index (χ1n) is 6.45. The maximum atomic E-state index is 14.1. The van der Waals surface area contributed by atoms with Gasteiger partial charge in [0.05, 0.1) is 16.1 Å². The Labute approximate surface area is 129 Å². The minimum absolute atomic E-state index is 0.0760. The average molecular weight is 354 g/mol. The molecule has 1 fully saturated rings. The van der Waals surface area contributed by atoms with Crippen LogP contribution in [0.4, 0.5) is 4.39 Å². The van der Waals surface area contributed by atoms with Crippen molar-refractivity contribution in [2.45, 2.75) is 18.9 Å². The third-order valence-corrected chi connectivity index (χ3v) is 4.94. The van der Waals surface area contributed by atoms with Crippen LogP contribution in [-0.2, 0) is 0 Å². The van der Waals surface area contributed by atoms with Gasteiger partial charge in [0.15, 0.2) is 0 Å². The van der Waals surface area contributed by atoms with E-state index in [1.807, 2.05) is 11.4 Å². The van der Waals surface area contributed by atoms with Crippen molar-refractivity contribution in [3.05, 3.63) is 56.4 Å². The molecule has 20 heavy (non-hydrogen) atoms. The number of amides is 1. The van der Waals surface area contributed by atoms with Crippen LogP contribution in [0.1, 0.15) is 34.8 Å². The zero-order valence-corrected chi connectivity index (χ0v) is 13.1. The van der Waals surface area contributed by atoms with Gasteiger partial charge in [-0.15, -0.1) is 0 Å². The van der Waals surface area contributed by atoms with Gasteiger partial charge in [-0.3, -0.25) is 4.79 Å². The number of carbonyl (C=O) groups excluding carboxylic acids is 1. The van der Waals surface area contributed by atoms with E-state index in [0.717, 1.165) is 18.4 Å². The Morgan fingerprint density at radius 2 is 2.25 bits per heavy atom. The minimum atomic E-state index is -0.478. The number of thiophene rings is 1. The van der Waals surface area contributed by atoms with Gasteiger partial charge in [-0.05, 0) is 63.3 Å². The van der Waals surface area contributed by atoms with E-state index in [-0.39, 0.29) is 17.5 Å². The Morgan fingerprint density at radius 3 is 3.00 bits per heavy atom. The third-order valence-electron chi connectivity index (χ3n) is 3.62. The lowest BCUT2D eigenvalue weighted by atomic mass is 10.1. The second kappa shape index (κ2) is 5.66. The molecule has 1 aromatic carbocycles. The Kier molecular flexibility index (Phi) is 3.89. The predicted octanol–water partition coefficient (Wildman–Crippen LogP) is 4.63. The first-order chi connectivity index (χ1) is 9.68. The lowest BCUT2D eigenvalue weighted by molar-refractivity contribution is 0.0731. The van der Waals surface area contributed by atoms with E-state index in [1.165, 1.54) is 0 Å². The van der Waals surface area contributed by atoms with Gasteiger partial charge in [0.25, 0.3) is 5.91 Å². The number of carbonyl (C=O) groups is 1. The van der Waals surface area contributed by atoms with Crippen molar-refractivity contribution in [2.75, 3.05) is 6.54 Å². The van der Waals surface area contributed by atoms with Crippen molar-refractivity contribution in [2.24, 2.45) is 0 Å². The number of likely N-dealkylation sites (tertiary alicyclic amines) is 1. The predicted molar refractivity (Wildman–Crippen MR) is 81.4 cm³/mol. The quantitative estimate of drug-likeness (QED) is 0.770. The number of benzene rings is 1. The van der Waals surface area contributed by atoms with Crippen LogP contribution >= 0.6 is 27.3 Å². The summed E-state index contributed by atoms with van der Waals surface area (Å²) >= 11 is 4.75. The monoisotopic (exact) mass is 353 g/mol. The maximum Gasteiger partial charge on any atom is 0.257 e. The van der Waals surface area contributed by atoms with Gasteiger partial charge in [0.2, 0.25) is 0 Å². The van der Waals surface area contributed by atoms with Crippen LogP contribution < -0.4 is 0 Å². The molecule has 0 radical (unpaired) electrons. The Balaban J connectivity index is 1.92. The largest absolute Gasteiger partial charge is 0.331 e. The summed E-state index contributed by atoms with van der Waals surface area (Å²) in [6.07, 6.45) is 1.90. The third kappa shape index (κ3) is 2.40. The van der Waals surface area contributed by atoms with E-state index in [2.05, 4.69) is 21.3 Å². The maximum absolute atomic E-state index is 14.1. The van der Waals surface area contributed by atoms with E-state index in [1.54, 1.807) is 34.4 Å². The standard InChI is InChI=1S/C15H13BrFNOS/c16-12-4-1-3-11(14(12)17)15(19)18-7-2-5-13(18)10-6-8-20-9-10/h1,3-4,6,8-9,13H,2,5,7H2. The van der Waals surface area contributed by atoms with Gasteiger partial charge in [-0.1, -0.05) is 6.07 Å². The second-order valence-corrected chi connectivity index (χ2v) is 6.45. The molecular formula is C15H13BrFNOS. The summed E-state index contributed by atoms with van der Waals surface area (Å²) in [5, 5.41) is 4.07. The van der Waals surface area contributed by atoms with Crippen LogP contribution in [0.2, 0.25) is 0 Å². The highest BCUT2D eigenvalue weighted by Gasteiger charge is 2.32. The SMILES string of the molecule is O=C(c1cccc(Br)c1F)N1CCCC1c1ccsc1. The second-order valence-electron chi connectivity index (χ2n) is 4.81. The summed E-state index contributed by atoms with van der Waals surface area (Å²) in [4.78, 5) is 14.4. The van der Waals surface area contributed by atoms with Crippen molar-refractivity contribution >= 4 is 33.2 Å². The number of rotatable bonds is 2. The van der Waals surface area contributed by atoms with E-state index in [4.69, 9.17) is 0 Å². The van der Waals surface area contributed by atoms with Gasteiger partial charge in [0, 0.05) is 6.54 Å². The first kappa shape index (κ1) is 13.8. The summed E-state index contributed by atoms with van der Waals surface area (Å²) in [6, 6.07) is 6.96. The van der Waals surface area contributed by atoms with Gasteiger partial charge in [-0.2, -0.15) is 11.3 Å². The molecule has 1 saturated heterocycles. The molecule has 0 saturated carbocycles. The molecule has 0 N–H and O–H groups in total. The molecular weight excluding hydrogens is 341 g/mol. The van der Waals surface area contributed by atoms with Gasteiger partial charge in [-0.25, -0.2) is 4.39 Å². The van der Waals surface area contributed by atoms with E-state index >= 15 is 0 Å². The van der Waals surface area contributed by atoms with Gasteiger partial charge >= 0.3 is 0 Å². The van der Waals surface area contributed by atoms with Crippen LogP contribution in [-0.4, -0.2) is 17.4 Å². The van der Waals surface area contributed by atoms with Crippen LogP contribution in [0.25, 0.3) is 0 Å². The Bertz CT molecular complexity index is 629. The average Bonchev–Trinajstić information content (AvgIpc) is 3.10. The van der Waals surface area contributed by atoms with E-state index in [0.29, 0.717) is 11.0 Å². The van der Waals surface area contributed by atoms with E-state index < -0.39 is 5.82 Å². The molecule has 1 atom stereocenters. The fourth-order valence-corrected chi connectivity index (χ4v) is 3.72. The number of hydrogen-bond acceptors (Lipinski definition) is 2. The zero-order valence-electron chi connectivity index (χ0n) is 10.7. The lowest BCUT2D eigenvalue weighted by Crippen LogP contribution is -2.31. The van der Waals surface area contributed by atoms with Crippen molar-refractivity contribution in [3.63, 3.8) is 0 Å². The normalized spacial score (nSPS) is 18.5. The zero-order chi connectivity index (χ0) is 14.1. The number of halogens is 2. The molecule has 5 heteroatoms. The minimum Gasteiger partial charge on any atom is -0.331 e. The molecule has 0 aliphatic carbocycles. The molecule has 1 aliphatic rings. The van der Waals surface area contributed by atoms with Crippen LogP contribution in [0, 0.1) is 5.82 Å². The summed E-state index contributed by atoms with van der Waals surface area (Å²) in [5.41, 5.74) is 1.29. The Morgan fingerprint density at radius 1 is 1.40 bits per heavy atom. The molecule has 1 unspecified atom stereocenters. The first-order valence-corrected chi connectivity index (χ1v) is 8.19. The van der Waals surface area contributed by atoms with Gasteiger partial charge < -0.3 is 4.90 Å². The van der Waals surface area contributed by atoms with Gasteiger partial charge in [0.1, 0.15) is 5.82 Å². The summed E-state index contributed by atoms with van der Waals surface area (Å²) in [7, 11) is 0. The highest BCUT2D eigenvalue weighted by molar-refractivity contribution is 9.10. The van der Waals surface area contributed by atoms with Crippen molar-refractivity contribution in [1.29, 1.82) is 0 Å². The molecule has 0 spiro atoms. The summed E-state index contributed by atoms with van der Waals surface area (Å²) in [6.45, 7) is 0.686. The number of hydrogen-bond donors (Lipinski definition) is 0. The summed E-state index contributed by atoms with van der Waals surface area (Å²) < 4.78 is 14.4. The molecule has 1 amide bonds. The molecule has 1 aromatic heterocycles. The molecule has 1 aliphatic heterocycles. The molecule has 0 bridgehead atoms. The van der Waals surface area contributed by atoms with Crippen molar-refractivity contribution in [1.82, 2.24) is 4.90 Å². The lowest BCUT2D eigenvalue weighted by Gasteiger charge is -2.24. The van der Waals surface area contributed by atoms with Crippen molar-refractivity contribution in [3.8, 4) is 0 Å². The fraction of sp³-hybridized carbons (Fsp3) is 0.267. The van der Waals surface area contributed by atoms with Crippen LogP contribution in [0.5, 0.6) is 0 Å². The molecule has 2 aromatic rings. The van der Waals surface area contributed by atoms with Crippen LogP contribution in [0.15, 0.2) is 39.5 Å². The topological polar surface area (TPSA) is 20.3 Å². The molecule has 3 rings (SSSR count). The number of nitrogens with zero attached hydrogens (tertiary/aromatic N) is 1.